The van der Waals surface area contributed by atoms with Crippen LogP contribution in [0.15, 0.2) is 35.0 Å². The minimum absolute atomic E-state index is 0.000808. The predicted molar refractivity (Wildman–Crippen MR) is 85.8 cm³/mol. The molecule has 1 fully saturated rings. The van der Waals surface area contributed by atoms with Crippen molar-refractivity contribution in [2.24, 2.45) is 0 Å². The van der Waals surface area contributed by atoms with Gasteiger partial charge >= 0.3 is 0 Å². The fourth-order valence-electron chi connectivity index (χ4n) is 2.97. The Bertz CT molecular complexity index is 844. The molecule has 126 valence electrons. The van der Waals surface area contributed by atoms with Gasteiger partial charge in [0.25, 0.3) is 0 Å². The number of aromatic nitrogens is 3. The Morgan fingerprint density at radius 3 is 3.12 bits per heavy atom. The van der Waals surface area contributed by atoms with Gasteiger partial charge in [0.2, 0.25) is 5.89 Å². The summed E-state index contributed by atoms with van der Waals surface area (Å²) in [6, 6.07) is 4.39. The van der Waals surface area contributed by atoms with Crippen LogP contribution in [0, 0.1) is 5.82 Å². The molecule has 0 saturated carbocycles. The number of halogens is 1. The Labute approximate surface area is 138 Å². The van der Waals surface area contributed by atoms with Crippen molar-refractivity contribution in [2.75, 3.05) is 19.7 Å². The van der Waals surface area contributed by atoms with Gasteiger partial charge in [-0.2, -0.15) is 5.10 Å². The summed E-state index contributed by atoms with van der Waals surface area (Å²) in [5.41, 5.74) is 2.25. The molecule has 0 aliphatic carbocycles. The number of rotatable bonds is 4. The highest BCUT2D eigenvalue weighted by Gasteiger charge is 2.24. The van der Waals surface area contributed by atoms with E-state index in [-0.39, 0.29) is 11.9 Å². The molecule has 0 N–H and O–H groups in total. The normalized spacial score (nSPS) is 19.2. The van der Waals surface area contributed by atoms with Crippen molar-refractivity contribution in [3.8, 4) is 0 Å². The van der Waals surface area contributed by atoms with Crippen LogP contribution in [-0.2, 0) is 17.8 Å². The Hall–Kier alpha value is -2.25. The van der Waals surface area contributed by atoms with Gasteiger partial charge < -0.3 is 9.15 Å². The Morgan fingerprint density at radius 1 is 1.38 bits per heavy atom. The van der Waals surface area contributed by atoms with Crippen molar-refractivity contribution in [1.29, 1.82) is 0 Å². The van der Waals surface area contributed by atoms with Crippen LogP contribution in [0.2, 0.25) is 0 Å². The molecule has 0 bridgehead atoms. The molecule has 6 nitrogen and oxygen atoms in total. The first-order valence-electron chi connectivity index (χ1n) is 8.12. The van der Waals surface area contributed by atoms with E-state index in [0.29, 0.717) is 30.1 Å². The van der Waals surface area contributed by atoms with Crippen LogP contribution in [0.4, 0.5) is 4.39 Å². The van der Waals surface area contributed by atoms with Gasteiger partial charge in [0.05, 0.1) is 25.5 Å². The zero-order valence-electron chi connectivity index (χ0n) is 13.5. The first-order valence-corrected chi connectivity index (χ1v) is 8.12. The average molecular weight is 330 g/mol. The lowest BCUT2D eigenvalue weighted by Crippen LogP contribution is -2.37. The molecule has 24 heavy (non-hydrogen) atoms. The molecule has 7 heteroatoms. The highest BCUT2D eigenvalue weighted by molar-refractivity contribution is 5.72. The highest BCUT2D eigenvalue weighted by atomic mass is 19.1. The van der Waals surface area contributed by atoms with Gasteiger partial charge in [-0.15, -0.1) is 0 Å². The van der Waals surface area contributed by atoms with Crippen molar-refractivity contribution < 1.29 is 13.5 Å². The van der Waals surface area contributed by atoms with E-state index in [2.05, 4.69) is 21.9 Å². The number of fused-ring (bicyclic) bond motifs is 1. The number of nitrogens with zero attached hydrogens (tertiary/aromatic N) is 4. The maximum atomic E-state index is 13.3. The van der Waals surface area contributed by atoms with E-state index in [9.17, 15) is 4.39 Å². The van der Waals surface area contributed by atoms with Gasteiger partial charge in [-0.3, -0.25) is 9.58 Å². The molecule has 1 saturated heterocycles. The van der Waals surface area contributed by atoms with Crippen LogP contribution in [0.1, 0.15) is 24.5 Å². The minimum atomic E-state index is -0.304. The summed E-state index contributed by atoms with van der Waals surface area (Å²) in [6.07, 6.45) is 3.89. The van der Waals surface area contributed by atoms with E-state index in [1.807, 2.05) is 17.1 Å². The molecule has 1 atom stereocenters. The molecule has 0 radical (unpaired) electrons. The highest BCUT2D eigenvalue weighted by Crippen LogP contribution is 2.24. The molecule has 4 rings (SSSR count). The van der Waals surface area contributed by atoms with Crippen LogP contribution in [0.3, 0.4) is 0 Å². The largest absolute Gasteiger partial charge is 0.439 e. The van der Waals surface area contributed by atoms with Gasteiger partial charge in [-0.05, 0) is 19.1 Å². The fraction of sp³-hybridized carbons (Fsp3) is 0.412. The van der Waals surface area contributed by atoms with Crippen LogP contribution in [-0.4, -0.2) is 39.4 Å². The third kappa shape index (κ3) is 3.05. The number of morpholine rings is 1. The monoisotopic (exact) mass is 330 g/mol. The van der Waals surface area contributed by atoms with E-state index in [4.69, 9.17) is 9.15 Å². The topological polar surface area (TPSA) is 56.3 Å². The summed E-state index contributed by atoms with van der Waals surface area (Å²) in [4.78, 5) is 6.61. The lowest BCUT2D eigenvalue weighted by Gasteiger charge is -2.31. The van der Waals surface area contributed by atoms with Crippen LogP contribution in [0.25, 0.3) is 11.1 Å². The number of hydrogen-bond acceptors (Lipinski definition) is 5. The van der Waals surface area contributed by atoms with E-state index in [0.717, 1.165) is 25.2 Å². The lowest BCUT2D eigenvalue weighted by atomic mass is 10.1. The van der Waals surface area contributed by atoms with E-state index in [1.54, 1.807) is 6.07 Å². The maximum Gasteiger partial charge on any atom is 0.209 e. The van der Waals surface area contributed by atoms with E-state index < -0.39 is 0 Å². The average Bonchev–Trinajstić information content (AvgIpc) is 3.21. The summed E-state index contributed by atoms with van der Waals surface area (Å²) >= 11 is 0. The fourth-order valence-corrected chi connectivity index (χ4v) is 2.97. The Kier molecular flexibility index (Phi) is 4.03. The van der Waals surface area contributed by atoms with Crippen molar-refractivity contribution in [3.05, 3.63) is 47.9 Å². The standard InChI is InChI=1S/C17H19FN4O2/c1-2-22-9-12(8-19-22)16-10-21(5-6-23-16)11-17-20-14-7-13(18)3-4-15(14)24-17/h3-4,7-9,16H,2,5-6,10-11H2,1H3. The number of aryl methyl sites for hydroxylation is 1. The molecule has 1 aliphatic rings. The van der Waals surface area contributed by atoms with Gasteiger partial charge in [0.1, 0.15) is 11.3 Å². The number of hydrogen-bond donors (Lipinski definition) is 0. The second kappa shape index (κ2) is 6.33. The van der Waals surface area contributed by atoms with Crippen LogP contribution >= 0.6 is 0 Å². The molecule has 1 aromatic carbocycles. The van der Waals surface area contributed by atoms with E-state index in [1.165, 1.54) is 12.1 Å². The predicted octanol–water partition coefficient (Wildman–Crippen LogP) is 2.76. The summed E-state index contributed by atoms with van der Waals surface area (Å²) in [5.74, 6) is 0.294. The van der Waals surface area contributed by atoms with Crippen molar-refractivity contribution in [3.63, 3.8) is 0 Å². The SMILES string of the molecule is CCn1cc(C2CN(Cc3nc4cc(F)ccc4o3)CCO2)cn1. The molecule has 1 aliphatic heterocycles. The van der Waals surface area contributed by atoms with Crippen LogP contribution in [0.5, 0.6) is 0 Å². The Balaban J connectivity index is 1.47. The number of oxazole rings is 1. The number of ether oxygens (including phenoxy) is 1. The molecule has 0 amide bonds. The minimum Gasteiger partial charge on any atom is -0.439 e. The smallest absolute Gasteiger partial charge is 0.209 e. The molecular formula is C17H19FN4O2. The second-order valence-electron chi connectivity index (χ2n) is 5.94. The molecule has 2 aromatic heterocycles. The third-order valence-electron chi connectivity index (χ3n) is 4.25. The zero-order valence-corrected chi connectivity index (χ0v) is 13.5. The molecule has 3 heterocycles. The molecule has 3 aromatic rings. The van der Waals surface area contributed by atoms with Crippen LogP contribution < -0.4 is 0 Å². The van der Waals surface area contributed by atoms with Gasteiger partial charge in [-0.25, -0.2) is 9.37 Å². The zero-order chi connectivity index (χ0) is 16.5. The van der Waals surface area contributed by atoms with Crippen molar-refractivity contribution in [2.45, 2.75) is 26.1 Å². The third-order valence-corrected chi connectivity index (χ3v) is 4.25. The summed E-state index contributed by atoms with van der Waals surface area (Å²) < 4.78 is 26.7. The first kappa shape index (κ1) is 15.3. The molecular weight excluding hydrogens is 311 g/mol. The summed E-state index contributed by atoms with van der Waals surface area (Å²) in [5, 5.41) is 4.31. The second-order valence-corrected chi connectivity index (χ2v) is 5.94. The summed E-state index contributed by atoms with van der Waals surface area (Å²) in [7, 11) is 0. The number of benzene rings is 1. The first-order chi connectivity index (χ1) is 11.7. The lowest BCUT2D eigenvalue weighted by molar-refractivity contribution is -0.0350. The van der Waals surface area contributed by atoms with Gasteiger partial charge in [0.15, 0.2) is 5.58 Å². The molecule has 1 unspecified atom stereocenters. The molecule has 0 spiro atoms. The van der Waals surface area contributed by atoms with Gasteiger partial charge in [-0.1, -0.05) is 0 Å². The van der Waals surface area contributed by atoms with Gasteiger partial charge in [0, 0.05) is 37.5 Å². The maximum absolute atomic E-state index is 13.3. The summed E-state index contributed by atoms with van der Waals surface area (Å²) in [6.45, 7) is 5.69. The van der Waals surface area contributed by atoms with Crippen molar-refractivity contribution >= 4 is 11.1 Å². The Morgan fingerprint density at radius 2 is 2.29 bits per heavy atom. The quantitative estimate of drug-likeness (QED) is 0.736. The van der Waals surface area contributed by atoms with Crippen molar-refractivity contribution in [1.82, 2.24) is 19.7 Å². The van der Waals surface area contributed by atoms with E-state index >= 15 is 0 Å².